The van der Waals surface area contributed by atoms with Gasteiger partial charge in [0.15, 0.2) is 0 Å². The molecule has 1 aromatic rings. The molecule has 1 aromatic heterocycles. The van der Waals surface area contributed by atoms with Crippen molar-refractivity contribution >= 4 is 11.8 Å². The molecule has 5 heteroatoms. The number of aromatic nitrogens is 2. The summed E-state index contributed by atoms with van der Waals surface area (Å²) >= 11 is 0. The molecule has 1 saturated heterocycles. The molecule has 82 valence electrons. The maximum Gasteiger partial charge on any atom is 0.221 e. The summed E-state index contributed by atoms with van der Waals surface area (Å²) in [5.74, 6) is 1.23. The Labute approximate surface area is 89.3 Å². The fourth-order valence-corrected chi connectivity index (χ4v) is 1.82. The molecule has 0 aromatic carbocycles. The molecular formula is C10H16N4O. The van der Waals surface area contributed by atoms with Crippen LogP contribution in [0.1, 0.15) is 13.3 Å². The zero-order valence-corrected chi connectivity index (χ0v) is 8.89. The lowest BCUT2D eigenvalue weighted by Crippen LogP contribution is -2.45. The summed E-state index contributed by atoms with van der Waals surface area (Å²) in [5.41, 5.74) is 5.57. The van der Waals surface area contributed by atoms with Gasteiger partial charge < -0.3 is 15.4 Å². The quantitative estimate of drug-likeness (QED) is 0.774. The molecule has 2 rings (SSSR count). The van der Waals surface area contributed by atoms with Gasteiger partial charge in [0.2, 0.25) is 5.95 Å². The van der Waals surface area contributed by atoms with E-state index in [1.165, 1.54) is 0 Å². The largest absolute Gasteiger partial charge is 0.377 e. The van der Waals surface area contributed by atoms with Crippen molar-refractivity contribution in [2.24, 2.45) is 0 Å². The summed E-state index contributed by atoms with van der Waals surface area (Å²) in [5, 5.41) is 0. The average Bonchev–Trinajstić information content (AvgIpc) is 2.29. The summed E-state index contributed by atoms with van der Waals surface area (Å²) in [7, 11) is 0. The van der Waals surface area contributed by atoms with E-state index in [0.29, 0.717) is 12.0 Å². The Morgan fingerprint density at radius 3 is 3.27 bits per heavy atom. The lowest BCUT2D eigenvalue weighted by Gasteiger charge is -2.35. The SMILES string of the molecule is CCC1COCCN1c1ccnc(N)n1. The Morgan fingerprint density at radius 2 is 2.53 bits per heavy atom. The van der Waals surface area contributed by atoms with Crippen LogP contribution in [-0.4, -0.2) is 35.8 Å². The number of nitrogen functional groups attached to an aromatic ring is 1. The molecule has 2 N–H and O–H groups in total. The molecule has 2 heterocycles. The highest BCUT2D eigenvalue weighted by atomic mass is 16.5. The van der Waals surface area contributed by atoms with Crippen molar-refractivity contribution in [1.29, 1.82) is 0 Å². The minimum Gasteiger partial charge on any atom is -0.377 e. The lowest BCUT2D eigenvalue weighted by atomic mass is 10.2. The van der Waals surface area contributed by atoms with Gasteiger partial charge in [0, 0.05) is 12.7 Å². The highest BCUT2D eigenvalue weighted by molar-refractivity contribution is 5.42. The van der Waals surface area contributed by atoms with Crippen LogP contribution >= 0.6 is 0 Å². The van der Waals surface area contributed by atoms with Gasteiger partial charge in [-0.25, -0.2) is 4.98 Å². The Kier molecular flexibility index (Phi) is 3.01. The van der Waals surface area contributed by atoms with Crippen LogP contribution in [0.5, 0.6) is 0 Å². The Hall–Kier alpha value is -1.36. The number of anilines is 2. The Bertz CT molecular complexity index is 331. The third-order valence-corrected chi connectivity index (χ3v) is 2.65. The standard InChI is InChI=1S/C10H16N4O/c1-2-8-7-15-6-5-14(8)9-3-4-12-10(11)13-9/h3-4,8H,2,5-7H2,1H3,(H2,11,12,13). The summed E-state index contributed by atoms with van der Waals surface area (Å²) < 4.78 is 5.44. The van der Waals surface area contributed by atoms with Gasteiger partial charge in [-0.05, 0) is 12.5 Å². The summed E-state index contributed by atoms with van der Waals surface area (Å²) in [6, 6.07) is 2.29. The van der Waals surface area contributed by atoms with Crippen molar-refractivity contribution in [1.82, 2.24) is 9.97 Å². The van der Waals surface area contributed by atoms with Crippen LogP contribution in [0, 0.1) is 0 Å². The van der Waals surface area contributed by atoms with Gasteiger partial charge in [-0.3, -0.25) is 0 Å². The maximum atomic E-state index is 5.57. The predicted molar refractivity (Wildman–Crippen MR) is 58.7 cm³/mol. The van der Waals surface area contributed by atoms with E-state index in [9.17, 15) is 0 Å². The van der Waals surface area contributed by atoms with Gasteiger partial charge in [-0.1, -0.05) is 6.92 Å². The smallest absolute Gasteiger partial charge is 0.221 e. The summed E-state index contributed by atoms with van der Waals surface area (Å²) in [6.07, 6.45) is 2.74. The van der Waals surface area contributed by atoms with Crippen molar-refractivity contribution in [2.75, 3.05) is 30.4 Å². The van der Waals surface area contributed by atoms with E-state index in [2.05, 4.69) is 21.8 Å². The lowest BCUT2D eigenvalue weighted by molar-refractivity contribution is 0.0926. The van der Waals surface area contributed by atoms with Crippen LogP contribution in [0.15, 0.2) is 12.3 Å². The number of hydrogen-bond donors (Lipinski definition) is 1. The van der Waals surface area contributed by atoms with E-state index in [1.807, 2.05) is 6.07 Å². The van der Waals surface area contributed by atoms with Crippen molar-refractivity contribution < 1.29 is 4.74 Å². The van der Waals surface area contributed by atoms with Crippen LogP contribution in [-0.2, 0) is 4.74 Å². The fourth-order valence-electron chi connectivity index (χ4n) is 1.82. The minimum atomic E-state index is 0.328. The van der Waals surface area contributed by atoms with E-state index in [-0.39, 0.29) is 0 Å². The fraction of sp³-hybridized carbons (Fsp3) is 0.600. The molecule has 1 unspecified atom stereocenters. The number of nitrogens with zero attached hydrogens (tertiary/aromatic N) is 3. The molecule has 0 spiro atoms. The first-order valence-corrected chi connectivity index (χ1v) is 5.24. The van der Waals surface area contributed by atoms with E-state index in [0.717, 1.165) is 32.0 Å². The van der Waals surface area contributed by atoms with E-state index >= 15 is 0 Å². The van der Waals surface area contributed by atoms with Crippen LogP contribution < -0.4 is 10.6 Å². The van der Waals surface area contributed by atoms with E-state index in [4.69, 9.17) is 10.5 Å². The van der Waals surface area contributed by atoms with Crippen LogP contribution in [0.2, 0.25) is 0 Å². The molecule has 15 heavy (non-hydrogen) atoms. The second-order valence-corrected chi connectivity index (χ2v) is 3.60. The van der Waals surface area contributed by atoms with Gasteiger partial charge in [-0.2, -0.15) is 4.98 Å². The minimum absolute atomic E-state index is 0.328. The van der Waals surface area contributed by atoms with Crippen molar-refractivity contribution in [3.8, 4) is 0 Å². The van der Waals surface area contributed by atoms with Gasteiger partial charge >= 0.3 is 0 Å². The molecule has 0 bridgehead atoms. The highest BCUT2D eigenvalue weighted by Crippen LogP contribution is 2.18. The zero-order valence-electron chi connectivity index (χ0n) is 8.89. The van der Waals surface area contributed by atoms with E-state index in [1.54, 1.807) is 6.20 Å². The normalized spacial score (nSPS) is 21.7. The van der Waals surface area contributed by atoms with Crippen LogP contribution in [0.25, 0.3) is 0 Å². The molecule has 0 amide bonds. The first-order chi connectivity index (χ1) is 7.31. The maximum absolute atomic E-state index is 5.57. The molecule has 0 aliphatic carbocycles. The zero-order chi connectivity index (χ0) is 10.7. The topological polar surface area (TPSA) is 64.3 Å². The number of morpholine rings is 1. The highest BCUT2D eigenvalue weighted by Gasteiger charge is 2.22. The van der Waals surface area contributed by atoms with Gasteiger partial charge in [-0.15, -0.1) is 0 Å². The molecule has 1 fully saturated rings. The molecule has 1 aliphatic heterocycles. The number of nitrogens with two attached hydrogens (primary N) is 1. The number of rotatable bonds is 2. The van der Waals surface area contributed by atoms with Crippen molar-refractivity contribution in [3.63, 3.8) is 0 Å². The first kappa shape index (κ1) is 10.2. The molecule has 0 saturated carbocycles. The Morgan fingerprint density at radius 1 is 1.67 bits per heavy atom. The molecule has 0 radical (unpaired) electrons. The van der Waals surface area contributed by atoms with Gasteiger partial charge in [0.1, 0.15) is 5.82 Å². The molecule has 1 aliphatic rings. The molecule has 1 atom stereocenters. The van der Waals surface area contributed by atoms with Gasteiger partial charge in [0.25, 0.3) is 0 Å². The number of ether oxygens (including phenoxy) is 1. The second kappa shape index (κ2) is 4.44. The summed E-state index contributed by atoms with van der Waals surface area (Å²) in [6.45, 7) is 4.53. The third kappa shape index (κ3) is 2.18. The van der Waals surface area contributed by atoms with Crippen molar-refractivity contribution in [3.05, 3.63) is 12.3 Å². The Balaban J connectivity index is 2.20. The molecular weight excluding hydrogens is 192 g/mol. The van der Waals surface area contributed by atoms with Crippen molar-refractivity contribution in [2.45, 2.75) is 19.4 Å². The monoisotopic (exact) mass is 208 g/mol. The number of hydrogen-bond acceptors (Lipinski definition) is 5. The third-order valence-electron chi connectivity index (χ3n) is 2.65. The van der Waals surface area contributed by atoms with E-state index < -0.39 is 0 Å². The second-order valence-electron chi connectivity index (χ2n) is 3.60. The summed E-state index contributed by atoms with van der Waals surface area (Å²) in [4.78, 5) is 10.4. The predicted octanol–water partition coefficient (Wildman–Crippen LogP) is 0.674. The van der Waals surface area contributed by atoms with Gasteiger partial charge in [0.05, 0.1) is 19.3 Å². The average molecular weight is 208 g/mol. The molecule has 5 nitrogen and oxygen atoms in total. The first-order valence-electron chi connectivity index (χ1n) is 5.24. The van der Waals surface area contributed by atoms with Crippen LogP contribution in [0.4, 0.5) is 11.8 Å². The van der Waals surface area contributed by atoms with Crippen LogP contribution in [0.3, 0.4) is 0 Å².